The molecular weight excluding hydrogens is 164 g/mol. The lowest BCUT2D eigenvalue weighted by molar-refractivity contribution is 0.226. The largest absolute Gasteiger partial charge is 0.494 e. The SMILES string of the molecule is CC(CN)NCC[Si](O)(O)O. The van der Waals surface area contributed by atoms with Crippen LogP contribution in [0, 0.1) is 0 Å². The van der Waals surface area contributed by atoms with Crippen LogP contribution >= 0.6 is 0 Å². The van der Waals surface area contributed by atoms with Gasteiger partial charge in [-0.25, -0.2) is 0 Å². The molecule has 0 rings (SSSR count). The number of hydrogen-bond donors (Lipinski definition) is 5. The average molecular weight is 180 g/mol. The first-order valence-corrected chi connectivity index (χ1v) is 5.61. The van der Waals surface area contributed by atoms with Crippen LogP contribution in [0.1, 0.15) is 6.92 Å². The van der Waals surface area contributed by atoms with Crippen LogP contribution in [0.15, 0.2) is 0 Å². The van der Waals surface area contributed by atoms with Crippen LogP contribution in [0.25, 0.3) is 0 Å². The first kappa shape index (κ1) is 11.0. The van der Waals surface area contributed by atoms with Crippen molar-refractivity contribution in [2.24, 2.45) is 5.73 Å². The van der Waals surface area contributed by atoms with Crippen molar-refractivity contribution in [2.45, 2.75) is 19.0 Å². The second-order valence-electron chi connectivity index (χ2n) is 2.62. The lowest BCUT2D eigenvalue weighted by Gasteiger charge is -2.13. The highest BCUT2D eigenvalue weighted by Crippen LogP contribution is 1.93. The predicted molar refractivity (Wildman–Crippen MR) is 43.7 cm³/mol. The van der Waals surface area contributed by atoms with Crippen LogP contribution in [-0.2, 0) is 0 Å². The quantitative estimate of drug-likeness (QED) is 0.310. The molecule has 1 unspecified atom stereocenters. The molecule has 0 aliphatic carbocycles. The van der Waals surface area contributed by atoms with Gasteiger partial charge in [-0.05, 0) is 13.5 Å². The van der Waals surface area contributed by atoms with E-state index in [-0.39, 0.29) is 12.1 Å². The van der Waals surface area contributed by atoms with Crippen LogP contribution in [0.2, 0.25) is 6.04 Å². The zero-order valence-electron chi connectivity index (χ0n) is 6.62. The van der Waals surface area contributed by atoms with Crippen molar-refractivity contribution in [2.75, 3.05) is 13.1 Å². The Morgan fingerprint density at radius 1 is 1.45 bits per heavy atom. The first-order chi connectivity index (χ1) is 4.95. The van der Waals surface area contributed by atoms with Crippen molar-refractivity contribution < 1.29 is 14.4 Å². The summed E-state index contributed by atoms with van der Waals surface area (Å²) < 4.78 is 0. The second kappa shape index (κ2) is 4.81. The highest BCUT2D eigenvalue weighted by Gasteiger charge is 2.25. The molecule has 0 saturated carbocycles. The fourth-order valence-corrected chi connectivity index (χ4v) is 1.05. The Morgan fingerprint density at radius 2 is 2.00 bits per heavy atom. The normalized spacial score (nSPS) is 15.0. The van der Waals surface area contributed by atoms with Gasteiger partial charge in [-0.2, -0.15) is 0 Å². The molecule has 0 aromatic rings. The smallest absolute Gasteiger partial charge is 0.390 e. The molecule has 0 heterocycles. The zero-order valence-corrected chi connectivity index (χ0v) is 7.62. The predicted octanol–water partition coefficient (Wildman–Crippen LogP) is -2.16. The summed E-state index contributed by atoms with van der Waals surface area (Å²) in [7, 11) is -3.84. The topological polar surface area (TPSA) is 98.7 Å². The minimum absolute atomic E-state index is 0.0112. The average Bonchev–Trinajstić information content (AvgIpc) is 1.85. The van der Waals surface area contributed by atoms with Crippen molar-refractivity contribution in [3.8, 4) is 0 Å². The molecule has 0 aliphatic rings. The lowest BCUT2D eigenvalue weighted by Crippen LogP contribution is -2.41. The van der Waals surface area contributed by atoms with Crippen molar-refractivity contribution in [3.63, 3.8) is 0 Å². The Labute approximate surface area is 67.2 Å². The van der Waals surface area contributed by atoms with Gasteiger partial charge in [0, 0.05) is 18.6 Å². The molecule has 11 heavy (non-hydrogen) atoms. The third-order valence-corrected chi connectivity index (χ3v) is 2.23. The Balaban J connectivity index is 3.28. The van der Waals surface area contributed by atoms with E-state index in [1.54, 1.807) is 0 Å². The minimum atomic E-state index is -3.84. The van der Waals surface area contributed by atoms with Gasteiger partial charge in [0.2, 0.25) is 0 Å². The molecule has 0 bridgehead atoms. The molecule has 0 aliphatic heterocycles. The van der Waals surface area contributed by atoms with Gasteiger partial charge in [0.1, 0.15) is 0 Å². The summed E-state index contributed by atoms with van der Waals surface area (Å²) in [6, 6.07) is 0.156. The van der Waals surface area contributed by atoms with E-state index in [1.165, 1.54) is 0 Å². The van der Waals surface area contributed by atoms with Crippen LogP contribution in [0.3, 0.4) is 0 Å². The summed E-state index contributed by atoms with van der Waals surface area (Å²) >= 11 is 0. The molecule has 5 nitrogen and oxygen atoms in total. The minimum Gasteiger partial charge on any atom is -0.390 e. The Kier molecular flexibility index (Phi) is 4.81. The van der Waals surface area contributed by atoms with E-state index in [0.717, 1.165) is 0 Å². The van der Waals surface area contributed by atoms with Gasteiger partial charge in [0.15, 0.2) is 0 Å². The molecule has 0 aromatic heterocycles. The monoisotopic (exact) mass is 180 g/mol. The van der Waals surface area contributed by atoms with Crippen LogP contribution in [0.4, 0.5) is 0 Å². The third kappa shape index (κ3) is 7.92. The van der Waals surface area contributed by atoms with Gasteiger partial charge in [-0.3, -0.25) is 0 Å². The second-order valence-corrected chi connectivity index (χ2v) is 4.66. The molecule has 6 heteroatoms. The van der Waals surface area contributed by atoms with E-state index >= 15 is 0 Å². The van der Waals surface area contributed by atoms with E-state index in [1.807, 2.05) is 6.92 Å². The van der Waals surface area contributed by atoms with Gasteiger partial charge in [-0.1, -0.05) is 0 Å². The van der Waals surface area contributed by atoms with Crippen molar-refractivity contribution in [1.82, 2.24) is 5.32 Å². The Hall–Kier alpha value is 0.0169. The summed E-state index contributed by atoms with van der Waals surface area (Å²) in [5, 5.41) is 2.92. The molecule has 0 saturated heterocycles. The highest BCUT2D eigenvalue weighted by molar-refractivity contribution is 6.56. The molecule has 68 valence electrons. The van der Waals surface area contributed by atoms with Crippen LogP contribution in [0.5, 0.6) is 0 Å². The molecule has 0 spiro atoms. The molecule has 0 radical (unpaired) electrons. The van der Waals surface area contributed by atoms with Crippen molar-refractivity contribution in [1.29, 1.82) is 0 Å². The maximum absolute atomic E-state index is 8.58. The van der Waals surface area contributed by atoms with E-state index in [9.17, 15) is 0 Å². The van der Waals surface area contributed by atoms with E-state index < -0.39 is 8.80 Å². The van der Waals surface area contributed by atoms with Gasteiger partial charge in [0.25, 0.3) is 0 Å². The fourth-order valence-electron chi connectivity index (χ4n) is 0.570. The maximum Gasteiger partial charge on any atom is 0.494 e. The molecule has 1 atom stereocenters. The number of hydrogen-bond acceptors (Lipinski definition) is 5. The maximum atomic E-state index is 8.58. The number of nitrogens with two attached hydrogens (primary N) is 1. The van der Waals surface area contributed by atoms with E-state index in [2.05, 4.69) is 5.32 Å². The van der Waals surface area contributed by atoms with Gasteiger partial charge < -0.3 is 25.4 Å². The molecule has 0 amide bonds. The first-order valence-electron chi connectivity index (χ1n) is 3.56. The molecular formula is C5H16N2O3Si. The molecule has 6 N–H and O–H groups in total. The molecule has 0 aromatic carbocycles. The van der Waals surface area contributed by atoms with Crippen molar-refractivity contribution >= 4 is 8.80 Å². The summed E-state index contributed by atoms with van der Waals surface area (Å²) in [5.74, 6) is 0. The fraction of sp³-hybridized carbons (Fsp3) is 1.00. The number of rotatable bonds is 5. The lowest BCUT2D eigenvalue weighted by atomic mass is 10.3. The standard InChI is InChI=1S/C5H16N2O3Si/c1-5(4-6)7-2-3-11(8,9)10/h5,7-10H,2-4,6H2,1H3. The van der Waals surface area contributed by atoms with Crippen LogP contribution < -0.4 is 11.1 Å². The van der Waals surface area contributed by atoms with Crippen LogP contribution in [-0.4, -0.2) is 42.3 Å². The zero-order chi connectivity index (χ0) is 8.91. The Bertz CT molecular complexity index is 106. The number of nitrogens with one attached hydrogen (secondary N) is 1. The van der Waals surface area contributed by atoms with Crippen molar-refractivity contribution in [3.05, 3.63) is 0 Å². The van der Waals surface area contributed by atoms with E-state index in [0.29, 0.717) is 13.1 Å². The third-order valence-electron chi connectivity index (χ3n) is 1.31. The van der Waals surface area contributed by atoms with Gasteiger partial charge in [-0.15, -0.1) is 0 Å². The summed E-state index contributed by atoms with van der Waals surface area (Å²) in [4.78, 5) is 25.7. The van der Waals surface area contributed by atoms with Gasteiger partial charge >= 0.3 is 8.80 Å². The highest BCUT2D eigenvalue weighted by atomic mass is 28.4. The van der Waals surface area contributed by atoms with E-state index in [4.69, 9.17) is 20.1 Å². The summed E-state index contributed by atoms with van der Waals surface area (Å²) in [6.07, 6.45) is 0. The summed E-state index contributed by atoms with van der Waals surface area (Å²) in [5.41, 5.74) is 5.28. The Morgan fingerprint density at radius 3 is 2.36 bits per heavy atom. The molecule has 0 fully saturated rings. The van der Waals surface area contributed by atoms with Gasteiger partial charge in [0.05, 0.1) is 0 Å². The summed E-state index contributed by atoms with van der Waals surface area (Å²) in [6.45, 7) is 2.76.